The highest BCUT2D eigenvalue weighted by Crippen LogP contribution is 2.33. The van der Waals surface area contributed by atoms with Gasteiger partial charge in [-0.05, 0) is 54.8 Å². The zero-order valence-electron chi connectivity index (χ0n) is 12.7. The van der Waals surface area contributed by atoms with Gasteiger partial charge in [0.2, 0.25) is 5.95 Å². The summed E-state index contributed by atoms with van der Waals surface area (Å²) in [6.07, 6.45) is 2.24. The van der Waals surface area contributed by atoms with E-state index in [0.29, 0.717) is 0 Å². The summed E-state index contributed by atoms with van der Waals surface area (Å²) in [5.74, 6) is 1.76. The first-order valence-electron chi connectivity index (χ1n) is 7.33. The zero-order chi connectivity index (χ0) is 14.8. The number of hydrogen-bond donors (Lipinski definition) is 1. The molecule has 0 saturated carbocycles. The van der Waals surface area contributed by atoms with Crippen LogP contribution in [-0.2, 0) is 0 Å². The lowest BCUT2D eigenvalue weighted by molar-refractivity contribution is 0.868. The highest BCUT2D eigenvalue weighted by molar-refractivity contribution is 7.08. The molecule has 0 bridgehead atoms. The zero-order valence-corrected chi connectivity index (χ0v) is 13.5. The van der Waals surface area contributed by atoms with Crippen LogP contribution in [0.5, 0.6) is 0 Å². The molecule has 0 fully saturated rings. The predicted octanol–water partition coefficient (Wildman–Crippen LogP) is 3.66. The molecular weight excluding hydrogens is 280 g/mol. The molecule has 0 unspecified atom stereocenters. The molecule has 0 atom stereocenters. The Morgan fingerprint density at radius 2 is 2.19 bits per heavy atom. The summed E-state index contributed by atoms with van der Waals surface area (Å²) in [5, 5.41) is 7.54. The van der Waals surface area contributed by atoms with Crippen molar-refractivity contribution in [2.24, 2.45) is 0 Å². The van der Waals surface area contributed by atoms with E-state index in [1.54, 1.807) is 11.3 Å². The minimum absolute atomic E-state index is 0.722. The second kappa shape index (κ2) is 5.85. The predicted molar refractivity (Wildman–Crippen MR) is 91.0 cm³/mol. The first kappa shape index (κ1) is 14.1. The number of aromatic nitrogens is 2. The maximum Gasteiger partial charge on any atom is 0.224 e. The fourth-order valence-electron chi connectivity index (χ4n) is 2.60. The van der Waals surface area contributed by atoms with Gasteiger partial charge >= 0.3 is 0 Å². The Balaban J connectivity index is 2.09. The van der Waals surface area contributed by atoms with Gasteiger partial charge in [-0.3, -0.25) is 0 Å². The van der Waals surface area contributed by atoms with Gasteiger partial charge in [0.05, 0.1) is 5.69 Å². The van der Waals surface area contributed by atoms with Crippen molar-refractivity contribution < 1.29 is 0 Å². The molecule has 0 aliphatic carbocycles. The Kier molecular flexibility index (Phi) is 3.92. The van der Waals surface area contributed by atoms with E-state index in [4.69, 9.17) is 4.98 Å². The second-order valence-corrected chi connectivity index (χ2v) is 5.88. The van der Waals surface area contributed by atoms with Crippen LogP contribution in [0, 0.1) is 6.92 Å². The fourth-order valence-corrected chi connectivity index (χ4v) is 3.28. The number of aryl methyl sites for hydroxylation is 1. The number of anilines is 2. The smallest absolute Gasteiger partial charge is 0.224 e. The van der Waals surface area contributed by atoms with E-state index in [0.717, 1.165) is 42.7 Å². The average molecular weight is 300 g/mol. The molecule has 5 heteroatoms. The van der Waals surface area contributed by atoms with Crippen LogP contribution in [0.4, 0.5) is 11.8 Å². The Morgan fingerprint density at radius 1 is 1.33 bits per heavy atom. The molecule has 2 aromatic rings. The Morgan fingerprint density at radius 3 is 2.86 bits per heavy atom. The molecule has 0 radical (unpaired) electrons. The van der Waals surface area contributed by atoms with E-state index in [2.05, 4.69) is 58.9 Å². The van der Waals surface area contributed by atoms with Gasteiger partial charge in [-0.25, -0.2) is 4.98 Å². The number of rotatable bonds is 4. The van der Waals surface area contributed by atoms with Gasteiger partial charge in [-0.15, -0.1) is 0 Å². The Bertz CT molecular complexity index is 661. The summed E-state index contributed by atoms with van der Waals surface area (Å²) < 4.78 is 0. The van der Waals surface area contributed by atoms with E-state index in [1.807, 2.05) is 0 Å². The first-order valence-corrected chi connectivity index (χ1v) is 8.27. The van der Waals surface area contributed by atoms with Gasteiger partial charge < -0.3 is 10.2 Å². The lowest BCUT2D eigenvalue weighted by Gasteiger charge is -2.30. The largest absolute Gasteiger partial charge is 0.354 e. The van der Waals surface area contributed by atoms with Crippen molar-refractivity contribution in [3.05, 3.63) is 33.6 Å². The highest BCUT2D eigenvalue weighted by atomic mass is 32.1. The van der Waals surface area contributed by atoms with Gasteiger partial charge in [-0.1, -0.05) is 0 Å². The molecule has 0 aromatic carbocycles. The summed E-state index contributed by atoms with van der Waals surface area (Å²) in [6, 6.07) is 2.18. The fraction of sp³-hybridized carbons (Fsp3) is 0.375. The molecule has 1 N–H and O–H groups in total. The molecule has 2 aromatic heterocycles. The summed E-state index contributed by atoms with van der Waals surface area (Å²) in [7, 11) is 0. The highest BCUT2D eigenvalue weighted by Gasteiger charge is 2.22. The SMILES string of the molecule is CCNc1nc(C)c2c(n1)N(CC)CC(c1ccsc1)=C2. The van der Waals surface area contributed by atoms with E-state index in [9.17, 15) is 0 Å². The van der Waals surface area contributed by atoms with Gasteiger partial charge in [0.25, 0.3) is 0 Å². The quantitative estimate of drug-likeness (QED) is 0.935. The van der Waals surface area contributed by atoms with Crippen LogP contribution in [-0.4, -0.2) is 29.6 Å². The lowest BCUT2D eigenvalue weighted by atomic mass is 10.0. The van der Waals surface area contributed by atoms with Crippen LogP contribution >= 0.6 is 11.3 Å². The first-order chi connectivity index (χ1) is 10.2. The average Bonchev–Trinajstić information content (AvgIpc) is 3.01. The summed E-state index contributed by atoms with van der Waals surface area (Å²) in [5.41, 5.74) is 4.82. The number of nitrogens with one attached hydrogen (secondary N) is 1. The number of hydrogen-bond acceptors (Lipinski definition) is 5. The maximum absolute atomic E-state index is 4.69. The van der Waals surface area contributed by atoms with E-state index >= 15 is 0 Å². The third-order valence-corrected chi connectivity index (χ3v) is 4.39. The third kappa shape index (κ3) is 2.65. The van der Waals surface area contributed by atoms with E-state index in [-0.39, 0.29) is 0 Å². The van der Waals surface area contributed by atoms with E-state index < -0.39 is 0 Å². The molecular formula is C16H20N4S. The van der Waals surface area contributed by atoms with Crippen LogP contribution in [0.15, 0.2) is 16.8 Å². The molecule has 3 heterocycles. The third-order valence-electron chi connectivity index (χ3n) is 3.70. The standard InChI is InChI=1S/C16H20N4S/c1-4-17-16-18-11(3)14-8-13(12-6-7-21-10-12)9-20(5-2)15(14)19-16/h6-8,10H,4-5,9H2,1-3H3,(H,17,18,19). The maximum atomic E-state index is 4.69. The van der Waals surface area contributed by atoms with Gasteiger partial charge in [0.1, 0.15) is 5.82 Å². The van der Waals surface area contributed by atoms with E-state index in [1.165, 1.54) is 11.1 Å². The molecule has 1 aliphatic rings. The van der Waals surface area contributed by atoms with Crippen molar-refractivity contribution in [3.63, 3.8) is 0 Å². The van der Waals surface area contributed by atoms with Gasteiger partial charge in [0.15, 0.2) is 0 Å². The Labute approximate surface area is 129 Å². The van der Waals surface area contributed by atoms with Crippen LogP contribution in [0.1, 0.15) is 30.7 Å². The number of thiophene rings is 1. The van der Waals surface area contributed by atoms with Gasteiger partial charge in [-0.2, -0.15) is 16.3 Å². The van der Waals surface area contributed by atoms with Crippen molar-refractivity contribution in [2.75, 3.05) is 29.9 Å². The number of nitrogens with zero attached hydrogens (tertiary/aromatic N) is 3. The topological polar surface area (TPSA) is 41.1 Å². The number of fused-ring (bicyclic) bond motifs is 1. The summed E-state index contributed by atoms with van der Waals surface area (Å²) in [6.45, 7) is 8.97. The number of likely N-dealkylation sites (N-methyl/N-ethyl adjacent to an activating group) is 1. The normalized spacial score (nSPS) is 13.9. The molecule has 3 rings (SSSR count). The molecule has 4 nitrogen and oxygen atoms in total. The van der Waals surface area contributed by atoms with Crippen LogP contribution in [0.3, 0.4) is 0 Å². The van der Waals surface area contributed by atoms with Crippen LogP contribution in [0.2, 0.25) is 0 Å². The van der Waals surface area contributed by atoms with Crippen LogP contribution in [0.25, 0.3) is 11.6 Å². The van der Waals surface area contributed by atoms with Crippen molar-refractivity contribution in [1.82, 2.24) is 9.97 Å². The lowest BCUT2D eigenvalue weighted by Crippen LogP contribution is -2.29. The van der Waals surface area contributed by atoms with Crippen molar-refractivity contribution in [2.45, 2.75) is 20.8 Å². The Hall–Kier alpha value is -1.88. The molecule has 0 spiro atoms. The monoisotopic (exact) mass is 300 g/mol. The van der Waals surface area contributed by atoms with Crippen molar-refractivity contribution >= 4 is 34.8 Å². The minimum atomic E-state index is 0.722. The van der Waals surface area contributed by atoms with Crippen molar-refractivity contribution in [3.8, 4) is 0 Å². The molecule has 21 heavy (non-hydrogen) atoms. The summed E-state index contributed by atoms with van der Waals surface area (Å²) in [4.78, 5) is 11.6. The molecule has 110 valence electrons. The second-order valence-electron chi connectivity index (χ2n) is 5.10. The van der Waals surface area contributed by atoms with Crippen LogP contribution < -0.4 is 10.2 Å². The molecule has 1 aliphatic heterocycles. The summed E-state index contributed by atoms with van der Waals surface area (Å²) >= 11 is 1.74. The minimum Gasteiger partial charge on any atom is -0.354 e. The van der Waals surface area contributed by atoms with Gasteiger partial charge in [0, 0.05) is 25.2 Å². The molecule has 0 saturated heterocycles. The van der Waals surface area contributed by atoms with Crippen molar-refractivity contribution in [1.29, 1.82) is 0 Å². The molecule has 0 amide bonds.